The lowest BCUT2D eigenvalue weighted by Crippen LogP contribution is -2.30. The third-order valence-electron chi connectivity index (χ3n) is 16.2. The third-order valence-corrected chi connectivity index (χ3v) is 18.1. The van der Waals surface area contributed by atoms with E-state index in [2.05, 4.69) is 55.4 Å². The maximum atomic E-state index is 13.0. The van der Waals surface area contributed by atoms with Gasteiger partial charge in [0.15, 0.2) is 12.2 Å². The average Bonchev–Trinajstić information content (AvgIpc) is 3.51. The van der Waals surface area contributed by atoms with Gasteiger partial charge < -0.3 is 33.8 Å². The molecule has 0 saturated heterocycles. The average molecular weight is 1300 g/mol. The summed E-state index contributed by atoms with van der Waals surface area (Å²) < 4.78 is 68.2. The first-order chi connectivity index (χ1) is 42.1. The number of aliphatic hydroxyl groups is 1. The van der Waals surface area contributed by atoms with Gasteiger partial charge in [-0.15, -0.1) is 0 Å². The molecule has 0 amide bonds. The number of rotatable bonds is 66. The van der Waals surface area contributed by atoms with Gasteiger partial charge in [-0.2, -0.15) is 0 Å². The van der Waals surface area contributed by atoms with Crippen LogP contribution in [-0.4, -0.2) is 96.7 Å². The van der Waals surface area contributed by atoms with Crippen molar-refractivity contribution in [3.8, 4) is 0 Å². The zero-order valence-electron chi connectivity index (χ0n) is 57.3. The van der Waals surface area contributed by atoms with Crippen molar-refractivity contribution in [2.24, 2.45) is 23.7 Å². The number of carbonyl (C=O) groups is 4. The smallest absolute Gasteiger partial charge is 0.462 e. The number of carbonyl (C=O) groups excluding carboxylic acids is 4. The van der Waals surface area contributed by atoms with Crippen molar-refractivity contribution in [2.45, 2.75) is 356 Å². The molecule has 0 fully saturated rings. The van der Waals surface area contributed by atoms with E-state index in [-0.39, 0.29) is 25.7 Å². The van der Waals surface area contributed by atoms with Gasteiger partial charge >= 0.3 is 39.5 Å². The Bertz CT molecular complexity index is 1750. The molecule has 0 bridgehead atoms. The zero-order valence-corrected chi connectivity index (χ0v) is 59.1. The summed E-state index contributed by atoms with van der Waals surface area (Å²) >= 11 is 0. The van der Waals surface area contributed by atoms with Crippen LogP contribution in [0, 0.1) is 23.7 Å². The van der Waals surface area contributed by atoms with E-state index in [9.17, 15) is 43.2 Å². The molecular weight excluding hydrogens is 1160 g/mol. The number of esters is 4. The second kappa shape index (κ2) is 58.8. The highest BCUT2D eigenvalue weighted by atomic mass is 31.2. The van der Waals surface area contributed by atoms with E-state index in [1.807, 2.05) is 0 Å². The number of aliphatic hydroxyl groups excluding tert-OH is 1. The van der Waals surface area contributed by atoms with Gasteiger partial charge in [0.05, 0.1) is 26.4 Å². The first kappa shape index (κ1) is 86.1. The van der Waals surface area contributed by atoms with Crippen LogP contribution < -0.4 is 0 Å². The molecule has 0 aromatic rings. The largest absolute Gasteiger partial charge is 0.472 e. The van der Waals surface area contributed by atoms with Gasteiger partial charge in [-0.3, -0.25) is 37.3 Å². The van der Waals surface area contributed by atoms with Gasteiger partial charge in [0.2, 0.25) is 0 Å². The highest BCUT2D eigenvalue weighted by Crippen LogP contribution is 2.45. The summed E-state index contributed by atoms with van der Waals surface area (Å²) in [5.74, 6) is 0.819. The van der Waals surface area contributed by atoms with E-state index in [4.69, 9.17) is 37.0 Å². The second-order valence-corrected chi connectivity index (χ2v) is 29.5. The Morgan fingerprint density at radius 1 is 0.318 bits per heavy atom. The lowest BCUT2D eigenvalue weighted by Gasteiger charge is -2.21. The van der Waals surface area contributed by atoms with Crippen molar-refractivity contribution >= 4 is 39.5 Å². The van der Waals surface area contributed by atoms with Crippen molar-refractivity contribution in [3.63, 3.8) is 0 Å². The fraction of sp³-hybridized carbons (Fsp3) is 0.942. The van der Waals surface area contributed by atoms with E-state index in [1.54, 1.807) is 0 Å². The molecule has 17 nitrogen and oxygen atoms in total. The Hall–Kier alpha value is -1.94. The second-order valence-electron chi connectivity index (χ2n) is 26.6. The summed E-state index contributed by atoms with van der Waals surface area (Å²) in [4.78, 5) is 72.4. The summed E-state index contributed by atoms with van der Waals surface area (Å²) in [7, 11) is -9.90. The minimum absolute atomic E-state index is 0.105. The van der Waals surface area contributed by atoms with Crippen LogP contribution >= 0.6 is 15.6 Å². The van der Waals surface area contributed by atoms with Crippen molar-refractivity contribution in [2.75, 3.05) is 39.6 Å². The molecule has 0 aliphatic carbocycles. The minimum Gasteiger partial charge on any atom is -0.462 e. The Morgan fingerprint density at radius 3 is 0.807 bits per heavy atom. The normalized spacial score (nSPS) is 14.6. The summed E-state index contributed by atoms with van der Waals surface area (Å²) in [5, 5.41) is 10.6. The number of phosphoric ester groups is 2. The number of hydrogen-bond acceptors (Lipinski definition) is 15. The molecular formula is C69H134O17P2. The molecule has 522 valence electrons. The summed E-state index contributed by atoms with van der Waals surface area (Å²) in [5.41, 5.74) is 0. The maximum absolute atomic E-state index is 13.0. The number of unbranched alkanes of at least 4 members (excludes halogenated alkanes) is 31. The first-order valence-corrected chi connectivity index (χ1v) is 38.7. The molecule has 0 spiro atoms. The van der Waals surface area contributed by atoms with E-state index in [1.165, 1.54) is 128 Å². The highest BCUT2D eigenvalue weighted by Gasteiger charge is 2.30. The van der Waals surface area contributed by atoms with Gasteiger partial charge in [0.1, 0.15) is 19.3 Å². The Morgan fingerprint density at radius 2 is 0.545 bits per heavy atom. The molecule has 0 heterocycles. The minimum atomic E-state index is -4.95. The van der Waals surface area contributed by atoms with Crippen molar-refractivity contribution in [3.05, 3.63) is 0 Å². The predicted octanol–water partition coefficient (Wildman–Crippen LogP) is 19.3. The summed E-state index contributed by atoms with van der Waals surface area (Å²) in [6.45, 7) is 14.0. The van der Waals surface area contributed by atoms with E-state index in [0.29, 0.717) is 31.6 Å². The van der Waals surface area contributed by atoms with E-state index in [0.717, 1.165) is 120 Å². The van der Waals surface area contributed by atoms with Crippen LogP contribution in [-0.2, 0) is 65.4 Å². The monoisotopic (exact) mass is 1300 g/mol. The van der Waals surface area contributed by atoms with Gasteiger partial charge in [-0.25, -0.2) is 9.13 Å². The molecule has 0 saturated carbocycles. The third kappa shape index (κ3) is 61.6. The molecule has 0 rings (SSSR count). The highest BCUT2D eigenvalue weighted by molar-refractivity contribution is 7.47. The quantitative estimate of drug-likeness (QED) is 0.0222. The fourth-order valence-electron chi connectivity index (χ4n) is 10.3. The molecule has 6 atom stereocenters. The molecule has 0 radical (unpaired) electrons. The Balaban J connectivity index is 5.24. The molecule has 0 aromatic carbocycles. The van der Waals surface area contributed by atoms with Gasteiger partial charge in [0.25, 0.3) is 0 Å². The zero-order chi connectivity index (χ0) is 65.4. The van der Waals surface area contributed by atoms with Crippen molar-refractivity contribution < 1.29 is 80.2 Å². The Labute approximate surface area is 537 Å². The Kier molecular flexibility index (Phi) is 57.6. The maximum Gasteiger partial charge on any atom is 0.472 e. The van der Waals surface area contributed by atoms with E-state index < -0.39 is 97.5 Å². The molecule has 0 aliphatic heterocycles. The molecule has 88 heavy (non-hydrogen) atoms. The van der Waals surface area contributed by atoms with Crippen LogP contribution in [0.25, 0.3) is 0 Å². The van der Waals surface area contributed by atoms with Crippen LogP contribution in [0.3, 0.4) is 0 Å². The summed E-state index contributed by atoms with van der Waals surface area (Å²) in [6.07, 6.45) is 40.4. The van der Waals surface area contributed by atoms with Gasteiger partial charge in [0, 0.05) is 25.7 Å². The number of phosphoric acid groups is 2. The van der Waals surface area contributed by atoms with Gasteiger partial charge in [-0.1, -0.05) is 287 Å². The summed E-state index contributed by atoms with van der Waals surface area (Å²) in [6, 6.07) is 0. The van der Waals surface area contributed by atoms with Crippen LogP contribution in [0.15, 0.2) is 0 Å². The molecule has 0 aromatic heterocycles. The van der Waals surface area contributed by atoms with Crippen molar-refractivity contribution in [1.29, 1.82) is 0 Å². The van der Waals surface area contributed by atoms with Crippen LogP contribution in [0.4, 0.5) is 0 Å². The van der Waals surface area contributed by atoms with Gasteiger partial charge in [-0.05, 0) is 49.4 Å². The fourth-order valence-corrected chi connectivity index (χ4v) is 11.9. The van der Waals surface area contributed by atoms with E-state index >= 15 is 0 Å². The molecule has 0 aliphatic rings. The molecule has 19 heteroatoms. The van der Waals surface area contributed by atoms with Crippen LogP contribution in [0.5, 0.6) is 0 Å². The topological polar surface area (TPSA) is 237 Å². The number of ether oxygens (including phenoxy) is 4. The van der Waals surface area contributed by atoms with Crippen LogP contribution in [0.1, 0.15) is 338 Å². The first-order valence-electron chi connectivity index (χ1n) is 35.7. The van der Waals surface area contributed by atoms with Crippen molar-refractivity contribution in [1.82, 2.24) is 0 Å². The standard InChI is InChI=1S/C69H134O17P2/c1-9-62(8)48-40-32-26-28-34-42-50-67(72)80-56-65(86-69(74)52-44-36-24-20-16-12-14-18-22-30-38-46-60(4)5)58-84-88(77,78)82-54-63(70)53-81-87(75,76)83-57-64(55-79-66(71)49-41-33-27-25-31-39-47-61(6)7)85-68(73)51-43-35-23-19-15-11-10-13-17-21-29-37-45-59(2)3/h59-65,70H,9-58H2,1-8H3,(H,75,76)(H,77,78)/t62?,63-,64-,65-/m1/s1. The SMILES string of the molecule is CCC(C)CCCCCCCCC(=O)OC[C@H](COP(=O)(O)OC[C@H](O)COP(=O)(O)OC[C@@H](COC(=O)CCCCCCCCC(C)C)OC(=O)CCCCCCCCCCCCCCC(C)C)OC(=O)CCCCCCCCCCCCCC(C)C. The lowest BCUT2D eigenvalue weighted by molar-refractivity contribution is -0.161. The van der Waals surface area contributed by atoms with Crippen LogP contribution in [0.2, 0.25) is 0 Å². The number of hydrogen-bond donors (Lipinski definition) is 3. The lowest BCUT2D eigenvalue weighted by atomic mass is 10.00. The molecule has 3 N–H and O–H groups in total. The predicted molar refractivity (Wildman–Crippen MR) is 354 cm³/mol. The molecule has 3 unspecified atom stereocenters.